The van der Waals surface area contributed by atoms with Gasteiger partial charge in [-0.1, -0.05) is 42.5 Å². The fraction of sp³-hybridized carbons (Fsp3) is 0.188. The van der Waals surface area contributed by atoms with Crippen LogP contribution in [-0.2, 0) is 0 Å². The lowest BCUT2D eigenvalue weighted by Crippen LogP contribution is -2.16. The van der Waals surface area contributed by atoms with Crippen molar-refractivity contribution >= 4 is 23.1 Å². The SMILES string of the molecule is CN1CC(Cl)c2cccc(C(=O)c3ccccc3)c21. The third-order valence-electron chi connectivity index (χ3n) is 3.50. The maximum atomic E-state index is 12.6. The highest BCUT2D eigenvalue weighted by Crippen LogP contribution is 2.40. The monoisotopic (exact) mass is 271 g/mol. The molecule has 1 aliphatic heterocycles. The highest BCUT2D eigenvalue weighted by Gasteiger charge is 2.29. The van der Waals surface area contributed by atoms with Crippen molar-refractivity contribution in [3.8, 4) is 0 Å². The first-order valence-electron chi connectivity index (χ1n) is 6.26. The van der Waals surface area contributed by atoms with E-state index in [2.05, 4.69) is 4.90 Å². The number of halogens is 1. The summed E-state index contributed by atoms with van der Waals surface area (Å²) in [5.74, 6) is 0.0510. The molecule has 0 saturated heterocycles. The average Bonchev–Trinajstić information content (AvgIpc) is 2.74. The Morgan fingerprint density at radius 3 is 2.63 bits per heavy atom. The van der Waals surface area contributed by atoms with Crippen molar-refractivity contribution in [3.05, 3.63) is 65.2 Å². The predicted octanol–water partition coefficient (Wildman–Crippen LogP) is 3.65. The molecule has 0 N–H and O–H groups in total. The maximum absolute atomic E-state index is 12.6. The van der Waals surface area contributed by atoms with Gasteiger partial charge in [0, 0.05) is 24.7 Å². The molecule has 0 fully saturated rings. The van der Waals surface area contributed by atoms with Gasteiger partial charge in [0.2, 0.25) is 0 Å². The smallest absolute Gasteiger partial charge is 0.195 e. The number of anilines is 1. The van der Waals surface area contributed by atoms with Gasteiger partial charge in [-0.15, -0.1) is 11.6 Å². The minimum Gasteiger partial charge on any atom is -0.372 e. The molecule has 0 amide bonds. The van der Waals surface area contributed by atoms with Crippen LogP contribution in [0.25, 0.3) is 0 Å². The number of alkyl halides is 1. The molecule has 2 nitrogen and oxygen atoms in total. The molecule has 0 spiro atoms. The first-order chi connectivity index (χ1) is 9.18. The van der Waals surface area contributed by atoms with Gasteiger partial charge in [0.05, 0.1) is 11.1 Å². The predicted molar refractivity (Wildman–Crippen MR) is 78.2 cm³/mol. The Morgan fingerprint density at radius 1 is 1.16 bits per heavy atom. The van der Waals surface area contributed by atoms with E-state index in [1.165, 1.54) is 0 Å². The zero-order chi connectivity index (χ0) is 13.4. The van der Waals surface area contributed by atoms with Crippen LogP contribution < -0.4 is 4.90 Å². The summed E-state index contributed by atoms with van der Waals surface area (Å²) in [7, 11) is 1.98. The molecule has 2 aromatic carbocycles. The number of likely N-dealkylation sites (N-methyl/N-ethyl adjacent to an activating group) is 1. The van der Waals surface area contributed by atoms with Gasteiger partial charge in [0.15, 0.2) is 5.78 Å². The topological polar surface area (TPSA) is 20.3 Å². The molecule has 1 aliphatic rings. The first-order valence-corrected chi connectivity index (χ1v) is 6.70. The number of ketones is 1. The minimum atomic E-state index is -0.0384. The van der Waals surface area contributed by atoms with Crippen molar-refractivity contribution in [1.29, 1.82) is 0 Å². The van der Waals surface area contributed by atoms with E-state index in [9.17, 15) is 4.79 Å². The summed E-state index contributed by atoms with van der Waals surface area (Å²) in [4.78, 5) is 14.6. The van der Waals surface area contributed by atoms with E-state index in [1.54, 1.807) is 0 Å². The Morgan fingerprint density at radius 2 is 1.89 bits per heavy atom. The van der Waals surface area contributed by atoms with Crippen molar-refractivity contribution in [2.45, 2.75) is 5.38 Å². The zero-order valence-corrected chi connectivity index (χ0v) is 11.4. The number of benzene rings is 2. The Labute approximate surface area is 117 Å². The summed E-state index contributed by atoms with van der Waals surface area (Å²) in [5, 5.41) is -0.0384. The molecular weight excluding hydrogens is 258 g/mol. The summed E-state index contributed by atoms with van der Waals surface area (Å²) in [6.07, 6.45) is 0. The van der Waals surface area contributed by atoms with E-state index in [0.717, 1.165) is 23.4 Å². The van der Waals surface area contributed by atoms with E-state index in [4.69, 9.17) is 11.6 Å². The number of carbonyl (C=O) groups is 1. The fourth-order valence-corrected chi connectivity index (χ4v) is 2.98. The van der Waals surface area contributed by atoms with Crippen LogP contribution in [0.1, 0.15) is 26.9 Å². The molecule has 0 aliphatic carbocycles. The number of nitrogens with zero attached hydrogens (tertiary/aromatic N) is 1. The van der Waals surface area contributed by atoms with Gasteiger partial charge in [0.25, 0.3) is 0 Å². The van der Waals surface area contributed by atoms with Crippen molar-refractivity contribution in [2.75, 3.05) is 18.5 Å². The number of hydrogen-bond acceptors (Lipinski definition) is 2. The quantitative estimate of drug-likeness (QED) is 0.614. The van der Waals surface area contributed by atoms with Crippen LogP contribution in [0.5, 0.6) is 0 Å². The van der Waals surface area contributed by atoms with E-state index in [1.807, 2.05) is 55.6 Å². The highest BCUT2D eigenvalue weighted by molar-refractivity contribution is 6.23. The minimum absolute atomic E-state index is 0.0384. The molecule has 0 aromatic heterocycles. The van der Waals surface area contributed by atoms with Crippen LogP contribution in [-0.4, -0.2) is 19.4 Å². The van der Waals surface area contributed by atoms with Crippen LogP contribution in [0.2, 0.25) is 0 Å². The molecule has 0 saturated carbocycles. The number of rotatable bonds is 2. The van der Waals surface area contributed by atoms with Crippen molar-refractivity contribution < 1.29 is 4.79 Å². The van der Waals surface area contributed by atoms with Crippen LogP contribution in [0.15, 0.2) is 48.5 Å². The average molecular weight is 272 g/mol. The normalized spacial score (nSPS) is 17.4. The summed E-state index contributed by atoms with van der Waals surface area (Å²) in [6.45, 7) is 0.746. The second-order valence-electron chi connectivity index (χ2n) is 4.79. The molecular formula is C16H14ClNO. The molecule has 0 bridgehead atoms. The zero-order valence-electron chi connectivity index (χ0n) is 10.6. The summed E-state index contributed by atoms with van der Waals surface area (Å²) in [5.41, 5.74) is 3.46. The highest BCUT2D eigenvalue weighted by atomic mass is 35.5. The van der Waals surface area contributed by atoms with Gasteiger partial charge in [-0.05, 0) is 11.6 Å². The van der Waals surface area contributed by atoms with Crippen LogP contribution in [0.3, 0.4) is 0 Å². The lowest BCUT2D eigenvalue weighted by atomic mass is 9.99. The second kappa shape index (κ2) is 4.71. The van der Waals surface area contributed by atoms with E-state index < -0.39 is 0 Å². The van der Waals surface area contributed by atoms with Crippen molar-refractivity contribution in [3.63, 3.8) is 0 Å². The number of hydrogen-bond donors (Lipinski definition) is 0. The van der Waals surface area contributed by atoms with Gasteiger partial charge in [-0.25, -0.2) is 0 Å². The van der Waals surface area contributed by atoms with Crippen LogP contribution in [0, 0.1) is 0 Å². The third kappa shape index (κ3) is 2.02. The molecule has 96 valence electrons. The number of fused-ring (bicyclic) bond motifs is 1. The van der Waals surface area contributed by atoms with Crippen molar-refractivity contribution in [2.24, 2.45) is 0 Å². The molecule has 1 unspecified atom stereocenters. The van der Waals surface area contributed by atoms with Gasteiger partial charge >= 0.3 is 0 Å². The van der Waals surface area contributed by atoms with Crippen LogP contribution in [0.4, 0.5) is 5.69 Å². The van der Waals surface area contributed by atoms with Gasteiger partial charge in [0.1, 0.15) is 0 Å². The fourth-order valence-electron chi connectivity index (χ4n) is 2.60. The Balaban J connectivity index is 2.11. The van der Waals surface area contributed by atoms with E-state index in [0.29, 0.717) is 5.56 Å². The van der Waals surface area contributed by atoms with Crippen LogP contribution >= 0.6 is 11.6 Å². The summed E-state index contributed by atoms with van der Waals surface area (Å²) < 4.78 is 0. The molecule has 1 atom stereocenters. The van der Waals surface area contributed by atoms with Gasteiger partial charge in [-0.2, -0.15) is 0 Å². The third-order valence-corrected chi connectivity index (χ3v) is 3.87. The van der Waals surface area contributed by atoms with E-state index >= 15 is 0 Å². The standard InChI is InChI=1S/C16H14ClNO/c1-18-10-14(17)12-8-5-9-13(15(12)18)16(19)11-6-3-2-4-7-11/h2-9,14H,10H2,1H3. The lowest BCUT2D eigenvalue weighted by molar-refractivity contribution is 0.103. The molecule has 0 radical (unpaired) electrons. The largest absolute Gasteiger partial charge is 0.372 e. The second-order valence-corrected chi connectivity index (χ2v) is 5.31. The maximum Gasteiger partial charge on any atom is 0.195 e. The van der Waals surface area contributed by atoms with Gasteiger partial charge < -0.3 is 4.90 Å². The van der Waals surface area contributed by atoms with Gasteiger partial charge in [-0.3, -0.25) is 4.79 Å². The molecule has 2 aromatic rings. The molecule has 3 heteroatoms. The Kier molecular flexibility index (Phi) is 3.03. The van der Waals surface area contributed by atoms with E-state index in [-0.39, 0.29) is 11.2 Å². The Hall–Kier alpha value is -1.80. The van der Waals surface area contributed by atoms with Crippen molar-refractivity contribution in [1.82, 2.24) is 0 Å². The Bertz CT molecular complexity index is 624. The lowest BCUT2D eigenvalue weighted by Gasteiger charge is -2.15. The molecule has 3 rings (SSSR count). The number of para-hydroxylation sites is 1. The molecule has 19 heavy (non-hydrogen) atoms. The first kappa shape index (κ1) is 12.2. The summed E-state index contributed by atoms with van der Waals surface area (Å²) in [6, 6.07) is 15.1. The summed E-state index contributed by atoms with van der Waals surface area (Å²) >= 11 is 6.31. The number of carbonyl (C=O) groups excluding carboxylic acids is 1. The molecule has 1 heterocycles.